The molecule has 0 fully saturated rings. The number of para-hydroxylation sites is 1. The van der Waals surface area contributed by atoms with E-state index >= 15 is 0 Å². The smallest absolute Gasteiger partial charge is 0.326 e. The van der Waals surface area contributed by atoms with Gasteiger partial charge < -0.3 is 128 Å². The predicted octanol–water partition coefficient (Wildman–Crippen LogP) is -6.56. The number of nitrogens with one attached hydrogen (secondary N) is 16. The van der Waals surface area contributed by atoms with E-state index in [0.717, 1.165) is 0 Å². The fourth-order valence-electron chi connectivity index (χ4n) is 12.2. The number of fused-ring (bicyclic) bond motifs is 1. The van der Waals surface area contributed by atoms with Crippen molar-refractivity contribution in [1.29, 1.82) is 0 Å². The van der Waals surface area contributed by atoms with Crippen LogP contribution in [0.2, 0.25) is 0 Å². The van der Waals surface area contributed by atoms with Crippen molar-refractivity contribution in [3.63, 3.8) is 0 Å². The molecule has 1 aromatic carbocycles. The molecule has 18 amide bonds. The second-order valence-corrected chi connectivity index (χ2v) is 32.8. The van der Waals surface area contributed by atoms with Crippen LogP contribution in [0.1, 0.15) is 152 Å². The summed E-state index contributed by atoms with van der Waals surface area (Å²) in [5.74, 6) is -23.5. The number of carbonyl (C=O) groups excluding carboxylic acids is 18. The average molecular weight is 1780 g/mol. The molecule has 0 unspecified atom stereocenters. The van der Waals surface area contributed by atoms with Crippen molar-refractivity contribution in [1.82, 2.24) is 84.7 Å². The molecule has 0 aliphatic rings. The van der Waals surface area contributed by atoms with E-state index in [-0.39, 0.29) is 69.1 Å². The minimum atomic E-state index is -2.15. The Bertz CT molecular complexity index is 4000. The van der Waals surface area contributed by atoms with Crippen molar-refractivity contribution in [3.05, 3.63) is 36.0 Å². The number of H-pyrrole nitrogens is 1. The summed E-state index contributed by atoms with van der Waals surface area (Å²) in [6.07, 6.45) is -0.835. The number of aliphatic hydroxyl groups excluding tert-OH is 2. The monoisotopic (exact) mass is 1780 g/mol. The van der Waals surface area contributed by atoms with Crippen LogP contribution in [0.15, 0.2) is 30.5 Å². The molecule has 2 aromatic rings. The lowest BCUT2D eigenvalue weighted by molar-refractivity contribution is -0.143. The van der Waals surface area contributed by atoms with Crippen LogP contribution in [0, 0.1) is 29.6 Å². The van der Waals surface area contributed by atoms with Gasteiger partial charge in [0.05, 0.1) is 32.7 Å². The highest BCUT2D eigenvalue weighted by Crippen LogP contribution is 2.21. The van der Waals surface area contributed by atoms with Gasteiger partial charge in [0, 0.05) is 48.5 Å². The maximum absolute atomic E-state index is 14.5. The first-order chi connectivity index (χ1) is 57.7. The zero-order valence-electron chi connectivity index (χ0n) is 70.9. The van der Waals surface area contributed by atoms with Gasteiger partial charge in [0.1, 0.15) is 84.6 Å². The van der Waals surface area contributed by atoms with Gasteiger partial charge in [0.2, 0.25) is 106 Å². The van der Waals surface area contributed by atoms with Gasteiger partial charge in [0.15, 0.2) is 0 Å². The van der Waals surface area contributed by atoms with Crippen molar-refractivity contribution in [2.75, 3.05) is 44.1 Å². The van der Waals surface area contributed by atoms with Gasteiger partial charge in [-0.15, -0.1) is 0 Å². The Morgan fingerprint density at radius 1 is 0.407 bits per heavy atom. The summed E-state index contributed by atoms with van der Waals surface area (Å²) in [6, 6.07) is -15.4. The Hall–Kier alpha value is -11.3. The molecule has 0 bridgehead atoms. The third-order valence-electron chi connectivity index (χ3n) is 18.6. The molecule has 46 heteroatoms. The SMILES string of the molecule is CSCC[C@H](NC(=O)CN)C(=O)N[C@@H](Cc1c[nH]c2ccccc12)C(=O)N[C@@H](CCC(N)=O)C(=O)N[C@@H](CS)C(=O)N[C@@H](CC(C)C)C(=O)N[C@@H](CC(C)C)C(=O)N[C@@H](CO)C(=O)N[C@@H](CC(=O)O)C(=O)N[C@@H](CO)C(=O)NCC(=O)N[C@@H](CCC(N)=O)C(=O)N[C@H](C(=O)N[C@@H](CC(C)C)C(=O)N[C@@H](CC(C)C)C(=O)N[C@@H](CCC(N)=O)C(=O)O)C(C)C. The second-order valence-electron chi connectivity index (χ2n) is 31.4. The number of aliphatic hydroxyl groups is 2. The number of hydrogen-bond acceptors (Lipinski definition) is 25. The highest BCUT2D eigenvalue weighted by atomic mass is 32.2. The molecular weight excluding hydrogens is 1650 g/mol. The van der Waals surface area contributed by atoms with Gasteiger partial charge in [-0.1, -0.05) is 87.4 Å². The van der Waals surface area contributed by atoms with E-state index in [1.54, 1.807) is 92.1 Å². The van der Waals surface area contributed by atoms with Crippen molar-refractivity contribution in [2.45, 2.75) is 237 Å². The van der Waals surface area contributed by atoms with Gasteiger partial charge >= 0.3 is 11.9 Å². The number of carboxylic acid groups (broad SMARTS) is 2. The first-order valence-electron chi connectivity index (χ1n) is 40.1. The van der Waals surface area contributed by atoms with E-state index in [4.69, 9.17) is 22.9 Å². The largest absolute Gasteiger partial charge is 0.481 e. The minimum Gasteiger partial charge on any atom is -0.481 e. The fraction of sp³-hybridized carbons (Fsp3) is 0.636. The van der Waals surface area contributed by atoms with Crippen LogP contribution in [0.25, 0.3) is 10.9 Å². The van der Waals surface area contributed by atoms with E-state index < -0.39 is 279 Å². The van der Waals surface area contributed by atoms with Crippen molar-refractivity contribution >= 4 is 154 Å². The minimum absolute atomic E-state index is 0.00232. The highest BCUT2D eigenvalue weighted by Gasteiger charge is 2.40. The lowest BCUT2D eigenvalue weighted by atomic mass is 9.98. The molecule has 0 aliphatic carbocycles. The molecule has 123 heavy (non-hydrogen) atoms. The van der Waals surface area contributed by atoms with Crippen LogP contribution in [0.4, 0.5) is 0 Å². The summed E-state index contributed by atoms with van der Waals surface area (Å²) in [5, 5.41) is 77.0. The number of carbonyl (C=O) groups is 20. The average Bonchev–Trinajstić information content (AvgIpc) is 1.70. The van der Waals surface area contributed by atoms with Crippen LogP contribution in [0.5, 0.6) is 0 Å². The molecular formula is C77H124N20O24S2. The maximum Gasteiger partial charge on any atom is 0.326 e. The molecule has 2 rings (SSSR count). The number of thioether (sulfide) groups is 1. The normalized spacial score (nSPS) is 14.7. The fourth-order valence-corrected chi connectivity index (χ4v) is 13.0. The number of thiol groups is 1. The van der Waals surface area contributed by atoms with Crippen molar-refractivity contribution < 1.29 is 116 Å². The molecule has 0 saturated heterocycles. The number of aliphatic carboxylic acids is 2. The molecule has 0 aliphatic heterocycles. The molecule has 1 aromatic heterocycles. The Balaban J connectivity index is 2.34. The standard InChI is InChI=1S/C77H124N20O24S2/c1-36(2)24-48(68(111)87-47(77(120)121)18-21-59(81)102)88-70(113)51(27-39(7)8)93-76(119)63(40(9)10)97-67(110)44(16-19-57(79)100)85-61(104)32-83-64(107)54(33-98)94-73(116)53(29-62(105)106)92-74(117)55(34-99)95-71(114)50(26-38(5)6)89-69(112)49(25-37(3)4)90-75(118)56(35-122)96-65(108)45(17-20-58(80)101)86-72(115)52(28-41-31-82-43-15-13-12-14-42(41)43)91-66(109)46(22-23-123-11)84-60(103)30-78/h12-15,31,36-40,44-56,63,82,98-99,122H,16-30,32-35,78H2,1-11H3,(H2,79,100)(H2,80,101)(H2,81,102)(H,83,107)(H,84,103)(H,85,104)(H,86,115)(H,87,111)(H,88,113)(H,89,112)(H,90,118)(H,91,109)(H,92,117)(H,93,119)(H,94,116)(H,95,114)(H,96,108)(H,97,110)(H,105,106)(H,120,121)/t44-,45-,46-,47-,48-,49-,50-,51-,52-,53-,54-,55-,56-,63-/m0/s1. The van der Waals surface area contributed by atoms with E-state index in [1.807, 2.05) is 5.32 Å². The van der Waals surface area contributed by atoms with Gasteiger partial charge in [-0.2, -0.15) is 24.4 Å². The number of nitrogens with two attached hydrogens (primary N) is 4. The Morgan fingerprint density at radius 3 is 1.17 bits per heavy atom. The number of amides is 18. The van der Waals surface area contributed by atoms with Crippen molar-refractivity contribution in [2.24, 2.45) is 52.5 Å². The summed E-state index contributed by atoms with van der Waals surface area (Å²) in [5.41, 5.74) is 22.8. The Kier molecular flexibility index (Phi) is 48.2. The molecule has 0 spiro atoms. The summed E-state index contributed by atoms with van der Waals surface area (Å²) < 4.78 is 0. The molecule has 1 heterocycles. The number of rotatable bonds is 59. The Labute approximate surface area is 721 Å². The lowest BCUT2D eigenvalue weighted by Gasteiger charge is -2.29. The number of primary amides is 3. The topological polar surface area (TPSA) is 723 Å². The number of hydrogen-bond donors (Lipinski definition) is 25. The van der Waals surface area contributed by atoms with E-state index in [9.17, 15) is 116 Å². The predicted molar refractivity (Wildman–Crippen MR) is 450 cm³/mol. The molecule has 0 radical (unpaired) electrons. The zero-order chi connectivity index (χ0) is 93.2. The molecule has 688 valence electrons. The molecule has 28 N–H and O–H groups in total. The van der Waals surface area contributed by atoms with Gasteiger partial charge in [-0.05, 0) is 105 Å². The number of benzene rings is 1. The number of aromatic nitrogens is 1. The first-order valence-corrected chi connectivity index (χ1v) is 42.1. The summed E-state index contributed by atoms with van der Waals surface area (Å²) in [7, 11) is 0. The Morgan fingerprint density at radius 2 is 0.748 bits per heavy atom. The van der Waals surface area contributed by atoms with E-state index in [2.05, 4.69) is 92.0 Å². The summed E-state index contributed by atoms with van der Waals surface area (Å²) in [6.45, 7) is 12.6. The van der Waals surface area contributed by atoms with Crippen molar-refractivity contribution in [3.8, 4) is 0 Å². The van der Waals surface area contributed by atoms with Crippen LogP contribution >= 0.6 is 24.4 Å². The molecule has 0 saturated carbocycles. The van der Waals surface area contributed by atoms with Gasteiger partial charge in [-0.3, -0.25) is 91.1 Å². The number of aromatic amines is 1. The summed E-state index contributed by atoms with van der Waals surface area (Å²) in [4.78, 5) is 271. The third kappa shape index (κ3) is 40.1. The quantitative estimate of drug-likeness (QED) is 0.0274. The molecule has 14 atom stereocenters. The third-order valence-corrected chi connectivity index (χ3v) is 19.6. The molecule has 44 nitrogen and oxygen atoms in total. The van der Waals surface area contributed by atoms with Gasteiger partial charge in [-0.25, -0.2) is 4.79 Å². The highest BCUT2D eigenvalue weighted by molar-refractivity contribution is 7.98. The van der Waals surface area contributed by atoms with Gasteiger partial charge in [0.25, 0.3) is 0 Å². The van der Waals surface area contributed by atoms with E-state index in [1.165, 1.54) is 25.6 Å². The summed E-state index contributed by atoms with van der Waals surface area (Å²) >= 11 is 5.67. The van der Waals surface area contributed by atoms with Crippen LogP contribution in [-0.4, -0.2) is 272 Å². The maximum atomic E-state index is 14.5. The lowest BCUT2D eigenvalue weighted by Crippen LogP contribution is -2.61. The van der Waals surface area contributed by atoms with Crippen LogP contribution in [-0.2, 0) is 102 Å². The van der Waals surface area contributed by atoms with Crippen LogP contribution in [0.3, 0.4) is 0 Å². The second kappa shape index (κ2) is 55.0. The van der Waals surface area contributed by atoms with Crippen LogP contribution < -0.4 is 103 Å². The van der Waals surface area contributed by atoms with E-state index in [0.29, 0.717) is 22.2 Å². The number of carboxylic acids is 2. The zero-order valence-corrected chi connectivity index (χ0v) is 72.6. The first kappa shape index (κ1) is 108.